The van der Waals surface area contributed by atoms with Crippen LogP contribution in [0.25, 0.3) is 49.9 Å². The van der Waals surface area contributed by atoms with Gasteiger partial charge in [0.25, 0.3) is 0 Å². The van der Waals surface area contributed by atoms with E-state index < -0.39 is 0 Å². The third-order valence-electron chi connectivity index (χ3n) is 6.09. The third-order valence-corrected chi connectivity index (χ3v) is 6.09. The van der Waals surface area contributed by atoms with Gasteiger partial charge in [0.05, 0.1) is 28.4 Å². The number of aromatic nitrogens is 2. The largest absolute Gasteiger partial charge is 0.309 e. The maximum Gasteiger partial charge on any atom is 0.0992 e. The van der Waals surface area contributed by atoms with Gasteiger partial charge in [0, 0.05) is 28.2 Å². The molecule has 4 aromatic carbocycles. The zero-order valence-corrected chi connectivity index (χ0v) is 17.8. The summed E-state index contributed by atoms with van der Waals surface area (Å²) in [6, 6.07) is 39.7. The lowest BCUT2D eigenvalue weighted by Crippen LogP contribution is -1.95. The maximum absolute atomic E-state index is 9.33. The Bertz CT molecular complexity index is 1630. The molecule has 2 aromatic heterocycles. The third kappa shape index (κ3) is 3.17. The molecule has 3 heteroatoms. The SMILES string of the molecule is N#Cc1ccnc(-c2ccccc2-c2cccc(-n3c4ccccc4c4ccccc43)c2)c1. The average molecular weight is 422 g/mol. The molecule has 0 aliphatic heterocycles. The second-order valence-corrected chi connectivity index (χ2v) is 8.01. The summed E-state index contributed by atoms with van der Waals surface area (Å²) in [5.41, 5.74) is 8.09. The molecule has 0 amide bonds. The zero-order chi connectivity index (χ0) is 22.2. The molecule has 154 valence electrons. The molecule has 0 saturated carbocycles. The first-order valence-corrected chi connectivity index (χ1v) is 10.9. The average Bonchev–Trinajstić information content (AvgIpc) is 3.23. The molecule has 0 spiro atoms. The monoisotopic (exact) mass is 421 g/mol. The second-order valence-electron chi connectivity index (χ2n) is 8.01. The van der Waals surface area contributed by atoms with Crippen molar-refractivity contribution in [3.63, 3.8) is 0 Å². The number of para-hydroxylation sites is 2. The van der Waals surface area contributed by atoms with Crippen molar-refractivity contribution in [2.75, 3.05) is 0 Å². The Labute approximate surface area is 191 Å². The van der Waals surface area contributed by atoms with Crippen molar-refractivity contribution in [2.24, 2.45) is 0 Å². The van der Waals surface area contributed by atoms with Crippen LogP contribution in [0.5, 0.6) is 0 Å². The molecule has 0 aliphatic carbocycles. The van der Waals surface area contributed by atoms with Crippen LogP contribution in [-0.2, 0) is 0 Å². The predicted octanol–water partition coefficient (Wildman–Crippen LogP) is 7.38. The molecule has 0 unspecified atom stereocenters. The van der Waals surface area contributed by atoms with Crippen LogP contribution in [-0.4, -0.2) is 9.55 Å². The quantitative estimate of drug-likeness (QED) is 0.299. The summed E-state index contributed by atoms with van der Waals surface area (Å²) in [4.78, 5) is 4.54. The number of nitriles is 1. The summed E-state index contributed by atoms with van der Waals surface area (Å²) in [7, 11) is 0. The molecule has 0 saturated heterocycles. The fourth-order valence-electron chi connectivity index (χ4n) is 4.62. The summed E-state index contributed by atoms with van der Waals surface area (Å²) in [6.45, 7) is 0. The number of nitrogens with zero attached hydrogens (tertiary/aromatic N) is 3. The van der Waals surface area contributed by atoms with E-state index in [-0.39, 0.29) is 0 Å². The standard InChI is InChI=1S/C30H19N3/c31-20-21-16-17-32-28(18-21)25-11-2-1-10-24(25)22-8-7-9-23(19-22)33-29-14-5-3-12-26(29)27-13-4-6-15-30(27)33/h1-19H. The highest BCUT2D eigenvalue weighted by atomic mass is 15.0. The highest BCUT2D eigenvalue weighted by molar-refractivity contribution is 6.09. The highest BCUT2D eigenvalue weighted by Gasteiger charge is 2.13. The topological polar surface area (TPSA) is 41.6 Å². The van der Waals surface area contributed by atoms with Crippen LogP contribution < -0.4 is 0 Å². The Balaban J connectivity index is 1.57. The van der Waals surface area contributed by atoms with E-state index in [9.17, 15) is 5.26 Å². The van der Waals surface area contributed by atoms with Gasteiger partial charge in [0.2, 0.25) is 0 Å². The molecule has 0 N–H and O–H groups in total. The first-order chi connectivity index (χ1) is 16.3. The smallest absolute Gasteiger partial charge is 0.0992 e. The maximum atomic E-state index is 9.33. The molecule has 6 rings (SSSR count). The first-order valence-electron chi connectivity index (χ1n) is 10.9. The Morgan fingerprint density at radius 1 is 0.636 bits per heavy atom. The van der Waals surface area contributed by atoms with E-state index in [0.717, 1.165) is 28.1 Å². The van der Waals surface area contributed by atoms with Crippen LogP contribution in [0.15, 0.2) is 115 Å². The van der Waals surface area contributed by atoms with Gasteiger partial charge < -0.3 is 4.57 Å². The zero-order valence-electron chi connectivity index (χ0n) is 17.8. The first kappa shape index (κ1) is 19.0. The molecule has 0 aliphatic rings. The van der Waals surface area contributed by atoms with E-state index in [1.54, 1.807) is 12.3 Å². The Kier molecular flexibility index (Phi) is 4.49. The number of hydrogen-bond donors (Lipinski definition) is 0. The van der Waals surface area contributed by atoms with Gasteiger partial charge in [-0.15, -0.1) is 0 Å². The molecule has 3 nitrogen and oxygen atoms in total. The van der Waals surface area contributed by atoms with E-state index in [1.807, 2.05) is 18.2 Å². The lowest BCUT2D eigenvalue weighted by molar-refractivity contribution is 1.18. The van der Waals surface area contributed by atoms with Crippen molar-refractivity contribution in [1.82, 2.24) is 9.55 Å². The lowest BCUT2D eigenvalue weighted by atomic mass is 9.96. The molecule has 0 fully saturated rings. The highest BCUT2D eigenvalue weighted by Crippen LogP contribution is 2.35. The molecule has 0 bridgehead atoms. The van der Waals surface area contributed by atoms with Crippen molar-refractivity contribution in [3.05, 3.63) is 121 Å². The molecule has 0 radical (unpaired) electrons. The summed E-state index contributed by atoms with van der Waals surface area (Å²) in [5.74, 6) is 0. The van der Waals surface area contributed by atoms with E-state index in [0.29, 0.717) is 5.56 Å². The van der Waals surface area contributed by atoms with Gasteiger partial charge in [-0.1, -0.05) is 72.8 Å². The van der Waals surface area contributed by atoms with Crippen LogP contribution in [0.2, 0.25) is 0 Å². The van der Waals surface area contributed by atoms with Crippen molar-refractivity contribution < 1.29 is 0 Å². The van der Waals surface area contributed by atoms with Crippen molar-refractivity contribution in [2.45, 2.75) is 0 Å². The summed E-state index contributed by atoms with van der Waals surface area (Å²) < 4.78 is 2.32. The van der Waals surface area contributed by atoms with Gasteiger partial charge in [-0.25, -0.2) is 0 Å². The van der Waals surface area contributed by atoms with Crippen LogP contribution in [0.1, 0.15) is 5.56 Å². The number of pyridine rings is 1. The fourth-order valence-corrected chi connectivity index (χ4v) is 4.62. The van der Waals surface area contributed by atoms with Crippen molar-refractivity contribution in [3.8, 4) is 34.1 Å². The molecule has 33 heavy (non-hydrogen) atoms. The van der Waals surface area contributed by atoms with Gasteiger partial charge in [0.15, 0.2) is 0 Å². The minimum absolute atomic E-state index is 0.605. The number of fused-ring (bicyclic) bond motifs is 3. The second kappa shape index (κ2) is 7.78. The van der Waals surface area contributed by atoms with Crippen molar-refractivity contribution in [1.29, 1.82) is 5.26 Å². The number of rotatable bonds is 3. The predicted molar refractivity (Wildman–Crippen MR) is 134 cm³/mol. The van der Waals surface area contributed by atoms with Gasteiger partial charge >= 0.3 is 0 Å². The van der Waals surface area contributed by atoms with E-state index >= 15 is 0 Å². The van der Waals surface area contributed by atoms with Gasteiger partial charge in [-0.2, -0.15) is 5.26 Å². The lowest BCUT2D eigenvalue weighted by Gasteiger charge is -2.13. The molecule has 2 heterocycles. The molecule has 6 aromatic rings. The van der Waals surface area contributed by atoms with E-state index in [1.165, 1.54) is 21.8 Å². The van der Waals surface area contributed by atoms with E-state index in [4.69, 9.17) is 0 Å². The summed E-state index contributed by atoms with van der Waals surface area (Å²) in [5, 5.41) is 11.8. The van der Waals surface area contributed by atoms with Crippen LogP contribution >= 0.6 is 0 Å². The van der Waals surface area contributed by atoms with E-state index in [2.05, 4.69) is 101 Å². The minimum atomic E-state index is 0.605. The van der Waals surface area contributed by atoms with Crippen LogP contribution in [0.4, 0.5) is 0 Å². The van der Waals surface area contributed by atoms with Crippen LogP contribution in [0, 0.1) is 11.3 Å². The fraction of sp³-hybridized carbons (Fsp3) is 0. The van der Waals surface area contributed by atoms with Crippen molar-refractivity contribution >= 4 is 21.8 Å². The summed E-state index contributed by atoms with van der Waals surface area (Å²) in [6.07, 6.45) is 1.69. The Morgan fingerprint density at radius 2 is 1.30 bits per heavy atom. The van der Waals surface area contributed by atoms with Gasteiger partial charge in [-0.05, 0) is 47.5 Å². The molecule has 0 atom stereocenters. The molecular formula is C30H19N3. The normalized spacial score (nSPS) is 11.0. The van der Waals surface area contributed by atoms with Gasteiger partial charge in [-0.3, -0.25) is 4.98 Å². The Hall–Kier alpha value is -4.68. The van der Waals surface area contributed by atoms with Gasteiger partial charge in [0.1, 0.15) is 0 Å². The number of benzene rings is 4. The molecular weight excluding hydrogens is 402 g/mol. The van der Waals surface area contributed by atoms with Crippen LogP contribution in [0.3, 0.4) is 0 Å². The Morgan fingerprint density at radius 3 is 2.03 bits per heavy atom. The number of hydrogen-bond acceptors (Lipinski definition) is 2. The summed E-state index contributed by atoms with van der Waals surface area (Å²) >= 11 is 0. The minimum Gasteiger partial charge on any atom is -0.309 e.